The summed E-state index contributed by atoms with van der Waals surface area (Å²) < 4.78 is 71.7. The van der Waals surface area contributed by atoms with Crippen LogP contribution in [-0.2, 0) is 12.8 Å². The number of hydrogen-bond acceptors (Lipinski definition) is 0. The second-order valence-electron chi connectivity index (χ2n) is 8.26. The monoisotopic (exact) mass is 480 g/mol. The van der Waals surface area contributed by atoms with Crippen molar-refractivity contribution >= 4 is 0 Å². The average Bonchev–Trinajstić information content (AvgIpc) is 2.79. The Morgan fingerprint density at radius 2 is 1.09 bits per heavy atom. The first-order valence-electron chi connectivity index (χ1n) is 11.6. The van der Waals surface area contributed by atoms with Crippen molar-refractivity contribution in [2.24, 2.45) is 0 Å². The van der Waals surface area contributed by atoms with Gasteiger partial charge in [-0.15, -0.1) is 0 Å². The van der Waals surface area contributed by atoms with Gasteiger partial charge in [-0.1, -0.05) is 62.9 Å². The van der Waals surface area contributed by atoms with E-state index in [9.17, 15) is 22.0 Å². The summed E-state index contributed by atoms with van der Waals surface area (Å²) in [5.41, 5.74) is 0.335. The van der Waals surface area contributed by atoms with E-state index in [1.807, 2.05) is 6.92 Å². The zero-order chi connectivity index (χ0) is 25.4. The molecule has 0 nitrogen and oxygen atoms in total. The minimum Gasteiger partial charge on any atom is -0.207 e. The van der Waals surface area contributed by atoms with Crippen molar-refractivity contribution in [3.05, 3.63) is 105 Å². The molecule has 0 amide bonds. The van der Waals surface area contributed by atoms with Crippen LogP contribution in [0.5, 0.6) is 0 Å². The lowest BCUT2D eigenvalue weighted by Gasteiger charge is -2.03. The van der Waals surface area contributed by atoms with Gasteiger partial charge in [-0.25, -0.2) is 22.0 Å². The molecule has 0 saturated carbocycles. The molecule has 3 aromatic rings. The van der Waals surface area contributed by atoms with Crippen LogP contribution in [0.3, 0.4) is 0 Å². The zero-order valence-corrected chi connectivity index (χ0v) is 19.7. The smallest absolute Gasteiger partial charge is 0.143 e. The lowest BCUT2D eigenvalue weighted by atomic mass is 10.0. The first-order chi connectivity index (χ1) is 16.8. The van der Waals surface area contributed by atoms with Gasteiger partial charge in [0.2, 0.25) is 0 Å². The third-order valence-corrected chi connectivity index (χ3v) is 5.45. The molecule has 0 N–H and O–H groups in total. The van der Waals surface area contributed by atoms with Gasteiger partial charge in [-0.05, 0) is 66.8 Å². The SMILES string of the molecule is CCCCCc1ccc(C#Cc2c(F)cc(C#Cc3c(F)cc(CCC)cc3F)cc2F)cc1F. The summed E-state index contributed by atoms with van der Waals surface area (Å²) in [6, 6.07) is 8.79. The van der Waals surface area contributed by atoms with E-state index in [1.54, 1.807) is 12.1 Å². The highest BCUT2D eigenvalue weighted by atomic mass is 19.1. The van der Waals surface area contributed by atoms with Crippen molar-refractivity contribution in [2.75, 3.05) is 0 Å². The molecule has 3 rings (SSSR count). The Bertz CT molecular complexity index is 1290. The second-order valence-corrected chi connectivity index (χ2v) is 8.26. The van der Waals surface area contributed by atoms with E-state index in [-0.39, 0.29) is 5.56 Å². The van der Waals surface area contributed by atoms with Crippen LogP contribution in [0.25, 0.3) is 0 Å². The summed E-state index contributed by atoms with van der Waals surface area (Å²) in [6.45, 7) is 3.96. The Morgan fingerprint density at radius 3 is 1.63 bits per heavy atom. The van der Waals surface area contributed by atoms with Crippen LogP contribution >= 0.6 is 0 Å². The summed E-state index contributed by atoms with van der Waals surface area (Å²) in [4.78, 5) is 0. The van der Waals surface area contributed by atoms with E-state index < -0.39 is 40.2 Å². The van der Waals surface area contributed by atoms with Crippen LogP contribution < -0.4 is 0 Å². The maximum Gasteiger partial charge on any atom is 0.143 e. The predicted molar refractivity (Wildman–Crippen MR) is 128 cm³/mol. The molecule has 0 radical (unpaired) electrons. The van der Waals surface area contributed by atoms with Crippen molar-refractivity contribution in [2.45, 2.75) is 52.4 Å². The third kappa shape index (κ3) is 6.96. The summed E-state index contributed by atoms with van der Waals surface area (Å²) in [5.74, 6) is 5.70. The van der Waals surface area contributed by atoms with E-state index in [1.165, 1.54) is 18.2 Å². The molecular weight excluding hydrogens is 455 g/mol. The van der Waals surface area contributed by atoms with Gasteiger partial charge in [0.25, 0.3) is 0 Å². The standard InChI is InChI=1S/C30H25F5/c1-3-5-6-8-23-12-9-20(15-26(23)31)10-13-24-29(34)18-22(19-30(24)35)11-14-25-27(32)16-21(7-4-2)17-28(25)33/h9,12,15-19H,3-8H2,1-2H3. The van der Waals surface area contributed by atoms with Crippen LogP contribution in [0.2, 0.25) is 0 Å². The number of hydrogen-bond donors (Lipinski definition) is 0. The molecule has 0 aliphatic carbocycles. The molecule has 0 aromatic heterocycles. The average molecular weight is 481 g/mol. The molecule has 35 heavy (non-hydrogen) atoms. The van der Waals surface area contributed by atoms with Gasteiger partial charge in [-0.2, -0.15) is 0 Å². The largest absolute Gasteiger partial charge is 0.207 e. The molecule has 0 atom stereocenters. The Morgan fingerprint density at radius 1 is 0.543 bits per heavy atom. The molecule has 0 unspecified atom stereocenters. The number of aryl methyl sites for hydroxylation is 2. The van der Waals surface area contributed by atoms with Crippen molar-refractivity contribution < 1.29 is 22.0 Å². The lowest BCUT2D eigenvalue weighted by Crippen LogP contribution is -1.96. The fraction of sp³-hybridized carbons (Fsp3) is 0.267. The zero-order valence-electron chi connectivity index (χ0n) is 19.7. The van der Waals surface area contributed by atoms with Crippen molar-refractivity contribution in [1.82, 2.24) is 0 Å². The summed E-state index contributed by atoms with van der Waals surface area (Å²) in [5, 5.41) is 0. The van der Waals surface area contributed by atoms with E-state index in [0.717, 1.165) is 37.8 Å². The molecule has 180 valence electrons. The van der Waals surface area contributed by atoms with E-state index in [0.29, 0.717) is 29.5 Å². The highest BCUT2D eigenvalue weighted by Crippen LogP contribution is 2.18. The lowest BCUT2D eigenvalue weighted by molar-refractivity contribution is 0.573. The van der Waals surface area contributed by atoms with Gasteiger partial charge in [0.1, 0.15) is 29.1 Å². The number of unbranched alkanes of at least 4 members (excludes halogenated alkanes) is 2. The summed E-state index contributed by atoms with van der Waals surface area (Å²) in [7, 11) is 0. The van der Waals surface area contributed by atoms with Crippen LogP contribution in [0.1, 0.15) is 72.9 Å². The molecule has 0 bridgehead atoms. The first-order valence-corrected chi connectivity index (χ1v) is 11.6. The van der Waals surface area contributed by atoms with E-state index in [4.69, 9.17) is 0 Å². The molecule has 3 aromatic carbocycles. The fourth-order valence-electron chi connectivity index (χ4n) is 3.61. The Kier molecular flexibility index (Phi) is 9.10. The maximum absolute atomic E-state index is 14.5. The van der Waals surface area contributed by atoms with Gasteiger partial charge in [0, 0.05) is 11.1 Å². The van der Waals surface area contributed by atoms with Crippen LogP contribution in [0.4, 0.5) is 22.0 Å². The highest BCUT2D eigenvalue weighted by Gasteiger charge is 2.11. The second kappa shape index (κ2) is 12.2. The van der Waals surface area contributed by atoms with Crippen molar-refractivity contribution in [3.63, 3.8) is 0 Å². The molecule has 0 fully saturated rings. The van der Waals surface area contributed by atoms with Gasteiger partial charge in [0.05, 0.1) is 11.1 Å². The molecule has 0 saturated heterocycles. The molecule has 0 spiro atoms. The van der Waals surface area contributed by atoms with Crippen LogP contribution in [0, 0.1) is 52.8 Å². The molecule has 5 heteroatoms. The number of halogens is 5. The normalized spacial score (nSPS) is 10.4. The number of rotatable bonds is 6. The van der Waals surface area contributed by atoms with Gasteiger partial charge >= 0.3 is 0 Å². The predicted octanol–water partition coefficient (Wildman–Crippen LogP) is 7.87. The molecule has 0 aliphatic rings. The summed E-state index contributed by atoms with van der Waals surface area (Å²) in [6.07, 6.45) is 4.80. The Balaban J connectivity index is 1.82. The van der Waals surface area contributed by atoms with Crippen LogP contribution in [0.15, 0.2) is 42.5 Å². The molecule has 0 aliphatic heterocycles. The Hall–Kier alpha value is -3.57. The topological polar surface area (TPSA) is 0 Å². The third-order valence-electron chi connectivity index (χ3n) is 5.45. The number of benzene rings is 3. The molecule has 0 heterocycles. The Labute approximate surface area is 203 Å². The van der Waals surface area contributed by atoms with Crippen molar-refractivity contribution in [3.8, 4) is 23.7 Å². The molecular formula is C30H25F5. The highest BCUT2D eigenvalue weighted by molar-refractivity contribution is 5.50. The fourth-order valence-corrected chi connectivity index (χ4v) is 3.61. The minimum atomic E-state index is -0.974. The van der Waals surface area contributed by atoms with E-state index >= 15 is 0 Å². The van der Waals surface area contributed by atoms with E-state index in [2.05, 4.69) is 30.6 Å². The van der Waals surface area contributed by atoms with Gasteiger partial charge in [-0.3, -0.25) is 0 Å². The quantitative estimate of drug-likeness (QED) is 0.191. The maximum atomic E-state index is 14.5. The van der Waals surface area contributed by atoms with Crippen LogP contribution in [-0.4, -0.2) is 0 Å². The summed E-state index contributed by atoms with van der Waals surface area (Å²) >= 11 is 0. The van der Waals surface area contributed by atoms with Gasteiger partial charge < -0.3 is 0 Å². The first kappa shape index (κ1) is 26.0. The van der Waals surface area contributed by atoms with Crippen molar-refractivity contribution in [1.29, 1.82) is 0 Å². The minimum absolute atomic E-state index is 0.0931. The van der Waals surface area contributed by atoms with Gasteiger partial charge in [0.15, 0.2) is 0 Å².